The number of aliphatic hydroxyl groups is 2. The van der Waals surface area contributed by atoms with Crippen molar-refractivity contribution >= 4 is 6.03 Å². The van der Waals surface area contributed by atoms with E-state index in [1.807, 2.05) is 6.07 Å². The molecule has 178 valence electrons. The van der Waals surface area contributed by atoms with Gasteiger partial charge in [0.15, 0.2) is 0 Å². The van der Waals surface area contributed by atoms with Gasteiger partial charge in [-0.05, 0) is 56.9 Å². The van der Waals surface area contributed by atoms with Crippen LogP contribution in [0.3, 0.4) is 0 Å². The zero-order valence-electron chi connectivity index (χ0n) is 19.3. The molecule has 0 bridgehead atoms. The van der Waals surface area contributed by atoms with E-state index >= 15 is 0 Å². The average molecular weight is 444 g/mol. The maximum atomic E-state index is 12.7. The Morgan fingerprint density at radius 1 is 0.938 bits per heavy atom. The van der Waals surface area contributed by atoms with Crippen molar-refractivity contribution in [3.8, 4) is 0 Å². The van der Waals surface area contributed by atoms with Crippen LogP contribution in [0.4, 0.5) is 4.79 Å². The minimum atomic E-state index is -0.369. The molecule has 0 aromatic heterocycles. The van der Waals surface area contributed by atoms with E-state index in [1.54, 1.807) is 0 Å². The lowest BCUT2D eigenvalue weighted by atomic mass is 9.74. The Bertz CT molecular complexity index is 716. The normalized spacial score (nSPS) is 31.1. The maximum absolute atomic E-state index is 12.7. The zero-order valence-corrected chi connectivity index (χ0v) is 19.3. The third-order valence-corrected chi connectivity index (χ3v) is 8.16. The minimum absolute atomic E-state index is 0.0569. The van der Waals surface area contributed by atoms with Crippen molar-refractivity contribution in [3.05, 3.63) is 35.9 Å². The van der Waals surface area contributed by atoms with Gasteiger partial charge in [-0.2, -0.15) is 0 Å². The van der Waals surface area contributed by atoms with Gasteiger partial charge in [0, 0.05) is 37.1 Å². The third-order valence-electron chi connectivity index (χ3n) is 8.16. The van der Waals surface area contributed by atoms with Gasteiger partial charge in [0.05, 0.1) is 12.2 Å². The van der Waals surface area contributed by atoms with Gasteiger partial charge in [-0.1, -0.05) is 49.6 Å². The summed E-state index contributed by atoms with van der Waals surface area (Å²) >= 11 is 0. The Hall–Kier alpha value is -1.63. The monoisotopic (exact) mass is 443 g/mol. The highest BCUT2D eigenvalue weighted by molar-refractivity contribution is 5.74. The molecule has 2 saturated carbocycles. The lowest BCUT2D eigenvalue weighted by molar-refractivity contribution is 0.00482. The molecule has 0 spiro atoms. The predicted octanol–water partition coefficient (Wildman–Crippen LogP) is 3.32. The van der Waals surface area contributed by atoms with Crippen LogP contribution in [0.15, 0.2) is 30.3 Å². The standard InChI is InChI=1S/C26H41N3O3/c30-22-13-17-29(18-14-22)23-11-15-26(16-12-24(23)31,20-7-3-1-4-8-20)19-27-25(32)28-21-9-5-2-6-10-21/h1,3-4,7-8,21-24,30-31H,2,5-6,9-19H2,(H2,27,28,32)/t23-,24-,26-/m0/s1. The highest BCUT2D eigenvalue weighted by atomic mass is 16.3. The summed E-state index contributed by atoms with van der Waals surface area (Å²) in [6.07, 6.45) is 10.3. The summed E-state index contributed by atoms with van der Waals surface area (Å²) in [5.74, 6) is 0. The van der Waals surface area contributed by atoms with E-state index in [0.29, 0.717) is 12.6 Å². The number of likely N-dealkylation sites (tertiary alicyclic amines) is 1. The molecule has 32 heavy (non-hydrogen) atoms. The summed E-state index contributed by atoms with van der Waals surface area (Å²) in [6, 6.07) is 10.9. The molecule has 0 unspecified atom stereocenters. The summed E-state index contributed by atoms with van der Waals surface area (Å²) in [7, 11) is 0. The van der Waals surface area contributed by atoms with E-state index in [0.717, 1.165) is 64.5 Å². The second-order valence-corrected chi connectivity index (χ2v) is 10.3. The number of urea groups is 1. The molecule has 1 aliphatic heterocycles. The van der Waals surface area contributed by atoms with Gasteiger partial charge in [-0.25, -0.2) is 4.79 Å². The summed E-state index contributed by atoms with van der Waals surface area (Å²) in [4.78, 5) is 15.1. The first-order valence-electron chi connectivity index (χ1n) is 12.8. The van der Waals surface area contributed by atoms with Crippen LogP contribution >= 0.6 is 0 Å². The van der Waals surface area contributed by atoms with Gasteiger partial charge in [0.25, 0.3) is 0 Å². The van der Waals surface area contributed by atoms with Gasteiger partial charge in [0.1, 0.15) is 0 Å². The van der Waals surface area contributed by atoms with E-state index in [-0.39, 0.29) is 29.7 Å². The molecule has 6 nitrogen and oxygen atoms in total. The molecule has 3 aliphatic rings. The predicted molar refractivity (Wildman–Crippen MR) is 127 cm³/mol. The number of piperidine rings is 1. The number of nitrogens with one attached hydrogen (secondary N) is 2. The molecule has 2 aliphatic carbocycles. The van der Waals surface area contributed by atoms with E-state index in [4.69, 9.17) is 0 Å². The molecule has 4 N–H and O–H groups in total. The second kappa shape index (κ2) is 11.0. The molecule has 4 rings (SSSR count). The van der Waals surface area contributed by atoms with E-state index in [1.165, 1.54) is 24.8 Å². The molecule has 6 heteroatoms. The molecule has 2 amide bonds. The van der Waals surface area contributed by atoms with Gasteiger partial charge < -0.3 is 20.8 Å². The van der Waals surface area contributed by atoms with Crippen LogP contribution in [0, 0.1) is 0 Å². The first-order valence-corrected chi connectivity index (χ1v) is 12.8. The lowest BCUT2D eigenvalue weighted by Crippen LogP contribution is -2.48. The summed E-state index contributed by atoms with van der Waals surface area (Å²) < 4.78 is 0. The minimum Gasteiger partial charge on any atom is -0.393 e. The first kappa shape index (κ1) is 23.5. The number of hydrogen-bond donors (Lipinski definition) is 4. The van der Waals surface area contributed by atoms with Crippen molar-refractivity contribution in [1.82, 2.24) is 15.5 Å². The Kier molecular flexibility index (Phi) is 8.08. The molecule has 1 aromatic rings. The van der Waals surface area contributed by atoms with E-state index in [9.17, 15) is 15.0 Å². The Labute approximate surface area is 192 Å². The van der Waals surface area contributed by atoms with Crippen LogP contribution in [0.2, 0.25) is 0 Å². The second-order valence-electron chi connectivity index (χ2n) is 10.3. The number of rotatable bonds is 5. The number of amides is 2. The van der Waals surface area contributed by atoms with Crippen LogP contribution < -0.4 is 10.6 Å². The van der Waals surface area contributed by atoms with Crippen LogP contribution in [0.25, 0.3) is 0 Å². The zero-order chi connectivity index (χ0) is 22.4. The fourth-order valence-corrected chi connectivity index (χ4v) is 6.09. The highest BCUT2D eigenvalue weighted by Gasteiger charge is 2.40. The smallest absolute Gasteiger partial charge is 0.315 e. The highest BCUT2D eigenvalue weighted by Crippen LogP contribution is 2.39. The molecule has 1 aromatic carbocycles. The first-order chi connectivity index (χ1) is 15.6. The lowest BCUT2D eigenvalue weighted by Gasteiger charge is -2.38. The quantitative estimate of drug-likeness (QED) is 0.526. The number of aliphatic hydroxyl groups excluding tert-OH is 2. The van der Waals surface area contributed by atoms with Crippen molar-refractivity contribution in [2.45, 2.75) is 100 Å². The summed E-state index contributed by atoms with van der Waals surface area (Å²) in [5, 5.41) is 27.3. The summed E-state index contributed by atoms with van der Waals surface area (Å²) in [6.45, 7) is 2.29. The SMILES string of the molecule is O=C(NC[C@@]1(c2ccccc2)CC[C@H](O)[C@@H](N2CCC(O)CC2)CC1)NC1CCCCC1. The fourth-order valence-electron chi connectivity index (χ4n) is 6.09. The molecule has 1 heterocycles. The van der Waals surface area contributed by atoms with Gasteiger partial charge in [-0.15, -0.1) is 0 Å². The molecule has 0 radical (unpaired) electrons. The van der Waals surface area contributed by atoms with Crippen molar-refractivity contribution in [1.29, 1.82) is 0 Å². The van der Waals surface area contributed by atoms with Crippen LogP contribution in [0.5, 0.6) is 0 Å². The van der Waals surface area contributed by atoms with Crippen molar-refractivity contribution in [3.63, 3.8) is 0 Å². The van der Waals surface area contributed by atoms with Crippen LogP contribution in [-0.2, 0) is 5.41 Å². The molecular weight excluding hydrogens is 402 g/mol. The number of nitrogens with zero attached hydrogens (tertiary/aromatic N) is 1. The number of benzene rings is 1. The topological polar surface area (TPSA) is 84.8 Å². The number of hydrogen-bond acceptors (Lipinski definition) is 4. The maximum Gasteiger partial charge on any atom is 0.315 e. The number of carbonyl (C=O) groups excluding carboxylic acids is 1. The van der Waals surface area contributed by atoms with E-state index < -0.39 is 0 Å². The molecular formula is C26H41N3O3. The Balaban J connectivity index is 1.44. The fraction of sp³-hybridized carbons (Fsp3) is 0.731. The van der Waals surface area contributed by atoms with Crippen molar-refractivity contribution < 1.29 is 15.0 Å². The van der Waals surface area contributed by atoms with Gasteiger partial charge in [0.2, 0.25) is 0 Å². The van der Waals surface area contributed by atoms with Crippen LogP contribution in [-0.4, -0.2) is 65.1 Å². The Morgan fingerprint density at radius 3 is 2.34 bits per heavy atom. The van der Waals surface area contributed by atoms with Crippen molar-refractivity contribution in [2.24, 2.45) is 0 Å². The number of carbonyl (C=O) groups is 1. The van der Waals surface area contributed by atoms with Crippen LogP contribution in [0.1, 0.15) is 76.2 Å². The molecule has 3 atom stereocenters. The Morgan fingerprint density at radius 2 is 1.62 bits per heavy atom. The van der Waals surface area contributed by atoms with Gasteiger partial charge in [-0.3, -0.25) is 4.90 Å². The molecule has 1 saturated heterocycles. The van der Waals surface area contributed by atoms with E-state index in [2.05, 4.69) is 39.8 Å². The summed E-state index contributed by atoms with van der Waals surface area (Å²) in [5.41, 5.74) is 1.08. The third kappa shape index (κ3) is 5.83. The molecule has 3 fully saturated rings. The van der Waals surface area contributed by atoms with Crippen molar-refractivity contribution in [2.75, 3.05) is 19.6 Å². The average Bonchev–Trinajstić information content (AvgIpc) is 2.99. The van der Waals surface area contributed by atoms with Gasteiger partial charge >= 0.3 is 6.03 Å². The largest absolute Gasteiger partial charge is 0.393 e.